The number of H-pyrrole nitrogens is 1. The fourth-order valence-corrected chi connectivity index (χ4v) is 1.77. The fourth-order valence-electron chi connectivity index (χ4n) is 1.77. The van der Waals surface area contributed by atoms with Crippen molar-refractivity contribution in [1.29, 1.82) is 0 Å². The molecule has 1 atom stereocenters. The lowest BCUT2D eigenvalue weighted by Gasteiger charge is -2.25. The summed E-state index contributed by atoms with van der Waals surface area (Å²) in [7, 11) is 1.70. The molecule has 5 nitrogen and oxygen atoms in total. The monoisotopic (exact) mass is 255 g/mol. The number of nitrogens with one attached hydrogen (secondary N) is 2. The van der Waals surface area contributed by atoms with Gasteiger partial charge >= 0.3 is 0 Å². The summed E-state index contributed by atoms with van der Waals surface area (Å²) in [4.78, 5) is 7.75. The van der Waals surface area contributed by atoms with Crippen LogP contribution >= 0.6 is 0 Å². The van der Waals surface area contributed by atoms with Crippen molar-refractivity contribution < 1.29 is 9.47 Å². The van der Waals surface area contributed by atoms with Crippen LogP contribution in [-0.4, -0.2) is 36.8 Å². The van der Waals surface area contributed by atoms with Crippen LogP contribution in [0, 0.1) is 0 Å². The number of hydrogen-bond acceptors (Lipinski definition) is 4. The van der Waals surface area contributed by atoms with E-state index in [1.165, 1.54) is 0 Å². The molecule has 1 heterocycles. The van der Waals surface area contributed by atoms with Crippen molar-refractivity contribution in [3.8, 4) is 0 Å². The summed E-state index contributed by atoms with van der Waals surface area (Å²) in [5.74, 6) is 0.899. The van der Waals surface area contributed by atoms with E-state index in [1.807, 2.05) is 13.1 Å². The van der Waals surface area contributed by atoms with E-state index in [0.717, 1.165) is 31.0 Å². The molecule has 1 aromatic rings. The van der Waals surface area contributed by atoms with Gasteiger partial charge in [0.15, 0.2) is 0 Å². The molecule has 0 aliphatic rings. The summed E-state index contributed by atoms with van der Waals surface area (Å²) in [6.07, 6.45) is 2.76. The Hall–Kier alpha value is -0.910. The number of hydrogen-bond donors (Lipinski definition) is 2. The number of aromatic amines is 1. The molecule has 5 heteroatoms. The topological polar surface area (TPSA) is 59.2 Å². The highest BCUT2D eigenvalue weighted by molar-refractivity contribution is 5.07. The molecule has 0 amide bonds. The van der Waals surface area contributed by atoms with Crippen molar-refractivity contribution in [3.05, 3.63) is 17.7 Å². The molecule has 0 fully saturated rings. The molecular weight excluding hydrogens is 230 g/mol. The standard InChI is InChI=1S/C13H25N3O2/c1-5-13(3,18-6-2)12-15-10-11(16-12)9-14-7-8-17-4/h10,14H,5-9H2,1-4H3,(H,15,16). The quantitative estimate of drug-likeness (QED) is 0.661. The van der Waals surface area contributed by atoms with E-state index < -0.39 is 0 Å². The van der Waals surface area contributed by atoms with Gasteiger partial charge in [-0.25, -0.2) is 4.98 Å². The van der Waals surface area contributed by atoms with E-state index in [4.69, 9.17) is 9.47 Å². The van der Waals surface area contributed by atoms with Crippen LogP contribution in [-0.2, 0) is 21.6 Å². The summed E-state index contributed by atoms with van der Waals surface area (Å²) in [5, 5.41) is 3.28. The predicted octanol–water partition coefficient (Wildman–Crippen LogP) is 1.81. The van der Waals surface area contributed by atoms with Crippen LogP contribution in [0.4, 0.5) is 0 Å². The molecule has 0 saturated heterocycles. The average Bonchev–Trinajstić information content (AvgIpc) is 2.84. The van der Waals surface area contributed by atoms with Crippen LogP contribution in [0.1, 0.15) is 38.7 Å². The van der Waals surface area contributed by atoms with Crippen LogP contribution in [0.5, 0.6) is 0 Å². The zero-order valence-electron chi connectivity index (χ0n) is 11.9. The van der Waals surface area contributed by atoms with Gasteiger partial charge in [0, 0.05) is 38.7 Å². The van der Waals surface area contributed by atoms with Crippen LogP contribution < -0.4 is 5.32 Å². The molecule has 0 aromatic carbocycles. The third kappa shape index (κ3) is 4.08. The second-order valence-electron chi connectivity index (χ2n) is 4.44. The van der Waals surface area contributed by atoms with Crippen molar-refractivity contribution in [1.82, 2.24) is 15.3 Å². The Balaban J connectivity index is 2.55. The fraction of sp³-hybridized carbons (Fsp3) is 0.769. The Bertz CT molecular complexity index is 341. The summed E-state index contributed by atoms with van der Waals surface area (Å²) in [5.41, 5.74) is 0.750. The van der Waals surface area contributed by atoms with E-state index in [9.17, 15) is 0 Å². The molecule has 1 aromatic heterocycles. The first-order valence-corrected chi connectivity index (χ1v) is 6.54. The normalized spacial score (nSPS) is 14.7. The van der Waals surface area contributed by atoms with Gasteiger partial charge in [-0.3, -0.25) is 0 Å². The van der Waals surface area contributed by atoms with Gasteiger partial charge in [-0.2, -0.15) is 0 Å². The van der Waals surface area contributed by atoms with Crippen molar-refractivity contribution in [2.45, 2.75) is 39.3 Å². The highest BCUT2D eigenvalue weighted by atomic mass is 16.5. The van der Waals surface area contributed by atoms with E-state index in [2.05, 4.69) is 29.1 Å². The Labute approximate surface area is 109 Å². The summed E-state index contributed by atoms with van der Waals surface area (Å²) >= 11 is 0. The zero-order chi connectivity index (χ0) is 13.4. The molecule has 0 bridgehead atoms. The van der Waals surface area contributed by atoms with Crippen molar-refractivity contribution in [2.75, 3.05) is 26.9 Å². The van der Waals surface area contributed by atoms with Gasteiger partial charge in [0.05, 0.1) is 6.61 Å². The highest BCUT2D eigenvalue weighted by Gasteiger charge is 2.28. The van der Waals surface area contributed by atoms with Gasteiger partial charge in [0.25, 0.3) is 0 Å². The number of rotatable bonds is 9. The van der Waals surface area contributed by atoms with Gasteiger partial charge in [-0.15, -0.1) is 0 Å². The molecule has 0 saturated carbocycles. The third-order valence-electron chi connectivity index (χ3n) is 3.07. The Kier molecular flexibility index (Phi) is 6.32. The maximum absolute atomic E-state index is 5.79. The Morgan fingerprint density at radius 2 is 2.22 bits per heavy atom. The number of nitrogens with zero attached hydrogens (tertiary/aromatic N) is 1. The van der Waals surface area contributed by atoms with Gasteiger partial charge in [0.2, 0.25) is 0 Å². The summed E-state index contributed by atoms with van der Waals surface area (Å²) < 4.78 is 10.8. The van der Waals surface area contributed by atoms with Gasteiger partial charge < -0.3 is 19.8 Å². The first kappa shape index (κ1) is 15.1. The molecule has 104 valence electrons. The predicted molar refractivity (Wildman–Crippen MR) is 71.4 cm³/mol. The van der Waals surface area contributed by atoms with Crippen LogP contribution in [0.3, 0.4) is 0 Å². The first-order valence-electron chi connectivity index (χ1n) is 6.54. The molecule has 18 heavy (non-hydrogen) atoms. The molecule has 0 radical (unpaired) electrons. The molecule has 1 unspecified atom stereocenters. The van der Waals surface area contributed by atoms with Crippen molar-refractivity contribution >= 4 is 0 Å². The average molecular weight is 255 g/mol. The molecule has 0 aliphatic heterocycles. The summed E-state index contributed by atoms with van der Waals surface area (Å²) in [6.45, 7) is 9.18. The van der Waals surface area contributed by atoms with Crippen LogP contribution in [0.2, 0.25) is 0 Å². The molecule has 2 N–H and O–H groups in total. The second-order valence-corrected chi connectivity index (χ2v) is 4.44. The maximum Gasteiger partial charge on any atom is 0.138 e. The van der Waals surface area contributed by atoms with Crippen LogP contribution in [0.15, 0.2) is 6.20 Å². The van der Waals surface area contributed by atoms with E-state index >= 15 is 0 Å². The SMILES string of the molecule is CCOC(C)(CC)c1ncc(CNCCOC)[nH]1. The van der Waals surface area contributed by atoms with Gasteiger partial charge in [0.1, 0.15) is 11.4 Å². The number of methoxy groups -OCH3 is 1. The van der Waals surface area contributed by atoms with Gasteiger partial charge in [-0.05, 0) is 20.3 Å². The highest BCUT2D eigenvalue weighted by Crippen LogP contribution is 2.26. The Morgan fingerprint density at radius 3 is 2.83 bits per heavy atom. The number of ether oxygens (including phenoxy) is 2. The minimum absolute atomic E-state index is 0.320. The minimum Gasteiger partial charge on any atom is -0.383 e. The largest absolute Gasteiger partial charge is 0.383 e. The van der Waals surface area contributed by atoms with E-state index in [-0.39, 0.29) is 5.60 Å². The van der Waals surface area contributed by atoms with Gasteiger partial charge in [-0.1, -0.05) is 6.92 Å². The molecule has 0 spiro atoms. The summed E-state index contributed by atoms with van der Waals surface area (Å²) in [6, 6.07) is 0. The number of aromatic nitrogens is 2. The first-order chi connectivity index (χ1) is 8.66. The maximum atomic E-state index is 5.79. The lowest BCUT2D eigenvalue weighted by molar-refractivity contribution is -0.0385. The third-order valence-corrected chi connectivity index (χ3v) is 3.07. The zero-order valence-corrected chi connectivity index (χ0v) is 11.9. The second kappa shape index (κ2) is 7.51. The van der Waals surface area contributed by atoms with Crippen LogP contribution in [0.25, 0.3) is 0 Å². The van der Waals surface area contributed by atoms with Crippen molar-refractivity contribution in [3.63, 3.8) is 0 Å². The van der Waals surface area contributed by atoms with E-state index in [1.54, 1.807) is 7.11 Å². The smallest absolute Gasteiger partial charge is 0.138 e. The molecule has 1 rings (SSSR count). The lowest BCUT2D eigenvalue weighted by Crippen LogP contribution is -2.26. The lowest BCUT2D eigenvalue weighted by atomic mass is 10.0. The number of imidazole rings is 1. The Morgan fingerprint density at radius 1 is 1.44 bits per heavy atom. The molecular formula is C13H25N3O2. The van der Waals surface area contributed by atoms with E-state index in [0.29, 0.717) is 13.2 Å². The molecule has 0 aliphatic carbocycles. The van der Waals surface area contributed by atoms with Crippen molar-refractivity contribution in [2.24, 2.45) is 0 Å². The minimum atomic E-state index is -0.320.